The lowest BCUT2D eigenvalue weighted by Gasteiger charge is -2.03. The predicted molar refractivity (Wildman–Crippen MR) is 52.3 cm³/mol. The molecule has 0 unspecified atom stereocenters. The summed E-state index contributed by atoms with van der Waals surface area (Å²) in [7, 11) is 0. The number of hydrogen-bond donors (Lipinski definition) is 0. The Morgan fingerprint density at radius 1 is 1.47 bits per heavy atom. The van der Waals surface area contributed by atoms with Crippen molar-refractivity contribution in [2.24, 2.45) is 5.11 Å². The lowest BCUT2D eigenvalue weighted by molar-refractivity contribution is 0.618. The number of nitrogens with zero attached hydrogens (tertiary/aromatic N) is 5. The van der Waals surface area contributed by atoms with E-state index in [1.165, 1.54) is 29.1 Å². The Bertz CT molecular complexity index is 513. The fraction of sp³-hybridized carbons (Fsp3) is 0. The monoisotopic (exact) mass is 203 g/mol. The Kier molecular flexibility index (Phi) is 2.35. The highest BCUT2D eigenvalue weighted by Gasteiger charge is 2.03. The quantitative estimate of drug-likeness (QED) is 0.420. The minimum Gasteiger partial charge on any atom is -0.303 e. The van der Waals surface area contributed by atoms with E-state index in [4.69, 9.17) is 5.53 Å². The third-order valence-electron chi connectivity index (χ3n) is 1.87. The van der Waals surface area contributed by atoms with Crippen molar-refractivity contribution in [2.75, 3.05) is 0 Å². The summed E-state index contributed by atoms with van der Waals surface area (Å²) in [5.41, 5.74) is 8.80. The van der Waals surface area contributed by atoms with E-state index in [2.05, 4.69) is 15.0 Å². The Morgan fingerprint density at radius 3 is 2.93 bits per heavy atom. The molecule has 1 heterocycles. The van der Waals surface area contributed by atoms with Crippen LogP contribution in [0.15, 0.2) is 42.0 Å². The summed E-state index contributed by atoms with van der Waals surface area (Å²) in [5.74, 6) is -0.460. The molecule has 0 amide bonds. The van der Waals surface area contributed by atoms with E-state index >= 15 is 0 Å². The van der Waals surface area contributed by atoms with Crippen LogP contribution in [0.4, 0.5) is 10.1 Å². The fourth-order valence-electron chi connectivity index (χ4n) is 1.22. The van der Waals surface area contributed by atoms with Crippen LogP contribution in [-0.2, 0) is 0 Å². The number of rotatable bonds is 2. The molecule has 2 aromatic rings. The first kappa shape index (κ1) is 9.23. The second-order valence-electron chi connectivity index (χ2n) is 2.80. The van der Waals surface area contributed by atoms with Crippen molar-refractivity contribution in [3.63, 3.8) is 0 Å². The van der Waals surface area contributed by atoms with Crippen LogP contribution in [0, 0.1) is 5.82 Å². The average molecular weight is 203 g/mol. The van der Waals surface area contributed by atoms with Crippen molar-refractivity contribution in [1.82, 2.24) is 9.55 Å². The highest BCUT2D eigenvalue weighted by Crippen LogP contribution is 2.19. The third-order valence-corrected chi connectivity index (χ3v) is 1.87. The molecule has 15 heavy (non-hydrogen) atoms. The number of halogens is 1. The SMILES string of the molecule is [N-]=[N+]=Nc1ccc(-n2ccnc2)c(F)c1. The van der Waals surface area contributed by atoms with Crippen molar-refractivity contribution >= 4 is 5.69 Å². The number of aromatic nitrogens is 2. The summed E-state index contributed by atoms with van der Waals surface area (Å²) in [6, 6.07) is 4.24. The van der Waals surface area contributed by atoms with Crippen molar-refractivity contribution in [1.29, 1.82) is 0 Å². The van der Waals surface area contributed by atoms with E-state index in [1.807, 2.05) is 0 Å². The van der Waals surface area contributed by atoms with E-state index in [9.17, 15) is 4.39 Å². The molecule has 0 bridgehead atoms. The summed E-state index contributed by atoms with van der Waals surface area (Å²) < 4.78 is 15.0. The van der Waals surface area contributed by atoms with Crippen LogP contribution in [0.3, 0.4) is 0 Å². The molecular formula is C9H6FN5. The van der Waals surface area contributed by atoms with Crippen LogP contribution in [0.5, 0.6) is 0 Å². The highest BCUT2D eigenvalue weighted by molar-refractivity contribution is 5.45. The molecule has 0 fully saturated rings. The molecule has 0 spiro atoms. The first-order valence-corrected chi connectivity index (χ1v) is 4.14. The minimum atomic E-state index is -0.460. The third kappa shape index (κ3) is 1.79. The second kappa shape index (κ2) is 3.81. The molecule has 0 atom stereocenters. The molecule has 0 saturated carbocycles. The van der Waals surface area contributed by atoms with Gasteiger partial charge < -0.3 is 4.57 Å². The molecule has 2 rings (SSSR count). The zero-order valence-corrected chi connectivity index (χ0v) is 7.58. The predicted octanol–water partition coefficient (Wildman–Crippen LogP) is 2.95. The van der Waals surface area contributed by atoms with Gasteiger partial charge in [0.2, 0.25) is 0 Å². The number of hydrogen-bond acceptors (Lipinski definition) is 2. The molecule has 1 aromatic carbocycles. The molecule has 0 aliphatic rings. The number of azide groups is 1. The fourth-order valence-corrected chi connectivity index (χ4v) is 1.22. The van der Waals surface area contributed by atoms with Crippen LogP contribution in [-0.4, -0.2) is 9.55 Å². The van der Waals surface area contributed by atoms with Gasteiger partial charge in [-0.05, 0) is 17.7 Å². The Labute approximate surface area is 84.4 Å². The van der Waals surface area contributed by atoms with E-state index in [1.54, 1.807) is 12.4 Å². The van der Waals surface area contributed by atoms with Gasteiger partial charge in [-0.1, -0.05) is 11.2 Å². The molecule has 0 saturated heterocycles. The average Bonchev–Trinajstić information content (AvgIpc) is 2.71. The van der Waals surface area contributed by atoms with E-state index < -0.39 is 5.82 Å². The largest absolute Gasteiger partial charge is 0.303 e. The van der Waals surface area contributed by atoms with E-state index in [-0.39, 0.29) is 5.69 Å². The summed E-state index contributed by atoms with van der Waals surface area (Å²) in [6.07, 6.45) is 4.68. The lowest BCUT2D eigenvalue weighted by Crippen LogP contribution is -1.93. The van der Waals surface area contributed by atoms with Gasteiger partial charge in [0.1, 0.15) is 5.82 Å². The maximum absolute atomic E-state index is 13.5. The molecule has 0 N–H and O–H groups in total. The number of imidazole rings is 1. The minimum absolute atomic E-state index is 0.249. The molecule has 0 radical (unpaired) electrons. The van der Waals surface area contributed by atoms with Crippen molar-refractivity contribution in [3.8, 4) is 5.69 Å². The van der Waals surface area contributed by atoms with Crippen LogP contribution in [0.25, 0.3) is 16.1 Å². The van der Waals surface area contributed by atoms with Gasteiger partial charge in [-0.25, -0.2) is 9.37 Å². The standard InChI is InChI=1S/C9H6FN5/c10-8-5-7(13-14-11)1-2-9(8)15-4-3-12-6-15/h1-6H. The Hall–Kier alpha value is -2.33. The summed E-state index contributed by atoms with van der Waals surface area (Å²) in [4.78, 5) is 6.39. The maximum Gasteiger partial charge on any atom is 0.147 e. The van der Waals surface area contributed by atoms with Gasteiger partial charge >= 0.3 is 0 Å². The van der Waals surface area contributed by atoms with Crippen molar-refractivity contribution in [3.05, 3.63) is 53.2 Å². The summed E-state index contributed by atoms with van der Waals surface area (Å²) in [6.45, 7) is 0. The van der Waals surface area contributed by atoms with Crippen molar-refractivity contribution < 1.29 is 4.39 Å². The first-order chi connectivity index (χ1) is 7.31. The zero-order chi connectivity index (χ0) is 10.7. The summed E-state index contributed by atoms with van der Waals surface area (Å²) in [5, 5.41) is 3.31. The van der Waals surface area contributed by atoms with Gasteiger partial charge in [0.15, 0.2) is 0 Å². The zero-order valence-electron chi connectivity index (χ0n) is 7.58. The van der Waals surface area contributed by atoms with Crippen LogP contribution < -0.4 is 0 Å². The van der Waals surface area contributed by atoms with Gasteiger partial charge in [0, 0.05) is 23.0 Å². The van der Waals surface area contributed by atoms with Gasteiger partial charge in [-0.2, -0.15) is 0 Å². The molecule has 0 aliphatic carbocycles. The lowest BCUT2D eigenvalue weighted by atomic mass is 10.2. The molecule has 5 nitrogen and oxygen atoms in total. The van der Waals surface area contributed by atoms with Gasteiger partial charge in [-0.15, -0.1) is 0 Å². The normalized spacial score (nSPS) is 9.67. The first-order valence-electron chi connectivity index (χ1n) is 4.14. The van der Waals surface area contributed by atoms with Crippen LogP contribution >= 0.6 is 0 Å². The molecular weight excluding hydrogens is 197 g/mol. The topological polar surface area (TPSA) is 66.6 Å². The van der Waals surface area contributed by atoms with E-state index in [0.29, 0.717) is 5.69 Å². The Morgan fingerprint density at radius 2 is 2.33 bits per heavy atom. The smallest absolute Gasteiger partial charge is 0.147 e. The van der Waals surface area contributed by atoms with E-state index in [0.717, 1.165) is 0 Å². The second-order valence-corrected chi connectivity index (χ2v) is 2.80. The maximum atomic E-state index is 13.5. The van der Waals surface area contributed by atoms with Gasteiger partial charge in [0.25, 0.3) is 0 Å². The van der Waals surface area contributed by atoms with Gasteiger partial charge in [-0.3, -0.25) is 0 Å². The summed E-state index contributed by atoms with van der Waals surface area (Å²) >= 11 is 0. The molecule has 0 aliphatic heterocycles. The Balaban J connectivity index is 2.48. The molecule has 6 heteroatoms. The van der Waals surface area contributed by atoms with Crippen LogP contribution in [0.1, 0.15) is 0 Å². The highest BCUT2D eigenvalue weighted by atomic mass is 19.1. The van der Waals surface area contributed by atoms with Gasteiger partial charge in [0.05, 0.1) is 12.0 Å². The van der Waals surface area contributed by atoms with Crippen molar-refractivity contribution in [2.45, 2.75) is 0 Å². The molecule has 1 aromatic heterocycles. The van der Waals surface area contributed by atoms with Crippen LogP contribution in [0.2, 0.25) is 0 Å². The molecule has 74 valence electrons. The number of benzene rings is 1.